The molecule has 0 radical (unpaired) electrons. The fourth-order valence-electron chi connectivity index (χ4n) is 4.09. The highest BCUT2D eigenvalue weighted by molar-refractivity contribution is 6.31. The number of halogens is 1. The first-order valence-electron chi connectivity index (χ1n) is 10.8. The summed E-state index contributed by atoms with van der Waals surface area (Å²) in [6.45, 7) is 1.85. The van der Waals surface area contributed by atoms with Gasteiger partial charge in [0.1, 0.15) is 11.8 Å². The second-order valence-corrected chi connectivity index (χ2v) is 8.22. The van der Waals surface area contributed by atoms with Gasteiger partial charge in [-0.1, -0.05) is 60.1 Å². The number of amides is 1. The molecule has 5 rings (SSSR count). The van der Waals surface area contributed by atoms with Crippen LogP contribution in [0.2, 0.25) is 5.02 Å². The summed E-state index contributed by atoms with van der Waals surface area (Å²) in [5, 5.41) is 11.6. The van der Waals surface area contributed by atoms with Crippen molar-refractivity contribution in [1.82, 2.24) is 14.8 Å². The van der Waals surface area contributed by atoms with Crippen LogP contribution in [0, 0.1) is 0 Å². The molecule has 170 valence electrons. The van der Waals surface area contributed by atoms with Gasteiger partial charge in [0.2, 0.25) is 5.95 Å². The number of allylic oxidation sites excluding steroid dienone is 1. The number of methoxy groups -OCH3 is 1. The Morgan fingerprint density at radius 1 is 1.03 bits per heavy atom. The lowest BCUT2D eigenvalue weighted by molar-refractivity contribution is -0.113. The summed E-state index contributed by atoms with van der Waals surface area (Å²) in [7, 11) is 1.61. The van der Waals surface area contributed by atoms with Gasteiger partial charge in [-0.15, -0.1) is 5.10 Å². The topological polar surface area (TPSA) is 81.1 Å². The van der Waals surface area contributed by atoms with Crippen molar-refractivity contribution < 1.29 is 9.53 Å². The van der Waals surface area contributed by atoms with Gasteiger partial charge in [-0.2, -0.15) is 4.98 Å². The average molecular weight is 472 g/mol. The molecule has 2 heterocycles. The number of hydrogen-bond donors (Lipinski definition) is 2. The third-order valence-electron chi connectivity index (χ3n) is 5.68. The van der Waals surface area contributed by atoms with Crippen molar-refractivity contribution in [2.75, 3.05) is 17.7 Å². The smallest absolute Gasteiger partial charge is 0.255 e. The maximum absolute atomic E-state index is 13.5. The van der Waals surface area contributed by atoms with E-state index >= 15 is 0 Å². The SMILES string of the molecule is COc1ccccc1-c1nc2n(n1)C(c1ccccc1Cl)C(C(=O)Nc1ccccc1)=C(C)N2. The number of fused-ring (bicyclic) bond motifs is 1. The number of benzene rings is 3. The minimum absolute atomic E-state index is 0.249. The minimum atomic E-state index is -0.579. The van der Waals surface area contributed by atoms with Gasteiger partial charge in [-0.25, -0.2) is 4.68 Å². The number of anilines is 2. The predicted molar refractivity (Wildman–Crippen MR) is 133 cm³/mol. The number of para-hydroxylation sites is 2. The molecule has 8 heteroatoms. The van der Waals surface area contributed by atoms with Crippen LogP contribution in [0.5, 0.6) is 5.75 Å². The number of rotatable bonds is 5. The Morgan fingerprint density at radius 2 is 1.74 bits per heavy atom. The van der Waals surface area contributed by atoms with Gasteiger partial charge < -0.3 is 15.4 Å². The lowest BCUT2D eigenvalue weighted by Gasteiger charge is -2.29. The molecule has 1 aromatic heterocycles. The Kier molecular flexibility index (Phi) is 5.77. The fourth-order valence-corrected chi connectivity index (χ4v) is 4.33. The van der Waals surface area contributed by atoms with Gasteiger partial charge in [-0.3, -0.25) is 4.79 Å². The Balaban J connectivity index is 1.64. The predicted octanol–water partition coefficient (Wildman–Crippen LogP) is 5.53. The quantitative estimate of drug-likeness (QED) is 0.399. The maximum Gasteiger partial charge on any atom is 0.255 e. The van der Waals surface area contributed by atoms with Gasteiger partial charge in [0.05, 0.1) is 18.2 Å². The number of nitrogens with zero attached hydrogens (tertiary/aromatic N) is 3. The van der Waals surface area contributed by atoms with Crippen LogP contribution in [0.3, 0.4) is 0 Å². The summed E-state index contributed by atoms with van der Waals surface area (Å²) in [6.07, 6.45) is 0. The third kappa shape index (κ3) is 3.91. The van der Waals surface area contributed by atoms with Gasteiger partial charge >= 0.3 is 0 Å². The molecule has 0 saturated carbocycles. The van der Waals surface area contributed by atoms with Crippen LogP contribution in [0.15, 0.2) is 90.1 Å². The summed E-state index contributed by atoms with van der Waals surface area (Å²) in [5.74, 6) is 1.40. The second kappa shape index (κ2) is 9.03. The average Bonchev–Trinajstić information content (AvgIpc) is 3.27. The highest BCUT2D eigenvalue weighted by Crippen LogP contribution is 2.40. The molecular weight excluding hydrogens is 450 g/mol. The van der Waals surface area contributed by atoms with Crippen LogP contribution < -0.4 is 15.4 Å². The summed E-state index contributed by atoms with van der Waals surface area (Å²) in [5.41, 5.74) is 3.37. The standard InChI is InChI=1S/C26H22ClN5O2/c1-16-22(25(33)29-17-10-4-3-5-11-17)23(18-12-6-8-14-20(18)27)32-26(28-16)30-24(31-32)19-13-7-9-15-21(19)34-2/h3-15,23H,1-2H3,(H,29,33)(H,28,30,31). The zero-order valence-electron chi connectivity index (χ0n) is 18.6. The lowest BCUT2D eigenvalue weighted by atomic mass is 9.95. The Bertz CT molecular complexity index is 1400. The van der Waals surface area contributed by atoms with Gasteiger partial charge in [0.25, 0.3) is 5.91 Å². The largest absolute Gasteiger partial charge is 0.496 e. The monoisotopic (exact) mass is 471 g/mol. The van der Waals surface area contributed by atoms with Crippen molar-refractivity contribution in [1.29, 1.82) is 0 Å². The first-order valence-corrected chi connectivity index (χ1v) is 11.1. The van der Waals surface area contributed by atoms with E-state index in [1.807, 2.05) is 79.7 Å². The molecule has 7 nitrogen and oxygen atoms in total. The fraction of sp³-hybridized carbons (Fsp3) is 0.115. The van der Waals surface area contributed by atoms with E-state index in [9.17, 15) is 4.79 Å². The van der Waals surface area contributed by atoms with E-state index in [0.717, 1.165) is 11.1 Å². The first-order chi connectivity index (χ1) is 16.6. The summed E-state index contributed by atoms with van der Waals surface area (Å²) in [6, 6.07) is 23.7. The highest BCUT2D eigenvalue weighted by Gasteiger charge is 2.35. The van der Waals surface area contributed by atoms with Crippen LogP contribution in [0.25, 0.3) is 11.4 Å². The summed E-state index contributed by atoms with van der Waals surface area (Å²) in [4.78, 5) is 18.2. The van der Waals surface area contributed by atoms with Crippen molar-refractivity contribution in [3.8, 4) is 17.1 Å². The number of carbonyl (C=O) groups is 1. The Morgan fingerprint density at radius 3 is 2.50 bits per heavy atom. The molecule has 1 aliphatic heterocycles. The first kappa shape index (κ1) is 21.7. The minimum Gasteiger partial charge on any atom is -0.496 e. The van der Waals surface area contributed by atoms with Crippen molar-refractivity contribution in [3.63, 3.8) is 0 Å². The molecule has 0 fully saturated rings. The molecule has 0 saturated heterocycles. The molecular formula is C26H22ClN5O2. The summed E-state index contributed by atoms with van der Waals surface area (Å²) >= 11 is 6.62. The molecule has 34 heavy (non-hydrogen) atoms. The third-order valence-corrected chi connectivity index (χ3v) is 6.02. The molecule has 0 aliphatic carbocycles. The second-order valence-electron chi connectivity index (χ2n) is 7.81. The van der Waals surface area contributed by atoms with E-state index in [1.54, 1.807) is 17.9 Å². The highest BCUT2D eigenvalue weighted by atomic mass is 35.5. The van der Waals surface area contributed by atoms with Crippen LogP contribution >= 0.6 is 11.6 Å². The van der Waals surface area contributed by atoms with E-state index in [2.05, 4.69) is 10.6 Å². The van der Waals surface area contributed by atoms with E-state index in [-0.39, 0.29) is 5.91 Å². The number of aromatic nitrogens is 3. The maximum atomic E-state index is 13.5. The van der Waals surface area contributed by atoms with E-state index in [0.29, 0.717) is 39.5 Å². The normalized spacial score (nSPS) is 14.9. The lowest BCUT2D eigenvalue weighted by Crippen LogP contribution is -2.31. The number of nitrogens with one attached hydrogen (secondary N) is 2. The molecule has 4 aromatic rings. The zero-order chi connectivity index (χ0) is 23.7. The van der Waals surface area contributed by atoms with E-state index in [4.69, 9.17) is 26.4 Å². The van der Waals surface area contributed by atoms with E-state index < -0.39 is 6.04 Å². The molecule has 1 amide bonds. The summed E-state index contributed by atoms with van der Waals surface area (Å²) < 4.78 is 7.21. The van der Waals surface area contributed by atoms with Crippen LogP contribution in [-0.4, -0.2) is 27.8 Å². The van der Waals surface area contributed by atoms with Crippen molar-refractivity contribution in [3.05, 3.63) is 101 Å². The van der Waals surface area contributed by atoms with Crippen LogP contribution in [-0.2, 0) is 4.79 Å². The van der Waals surface area contributed by atoms with Crippen LogP contribution in [0.1, 0.15) is 18.5 Å². The molecule has 0 bridgehead atoms. The molecule has 1 aliphatic rings. The zero-order valence-corrected chi connectivity index (χ0v) is 19.4. The molecule has 1 unspecified atom stereocenters. The van der Waals surface area contributed by atoms with Crippen molar-refractivity contribution >= 4 is 29.1 Å². The van der Waals surface area contributed by atoms with Gasteiger partial charge in [-0.05, 0) is 37.3 Å². The van der Waals surface area contributed by atoms with Crippen molar-refractivity contribution in [2.45, 2.75) is 13.0 Å². The Labute approximate surface area is 202 Å². The van der Waals surface area contributed by atoms with Crippen LogP contribution in [0.4, 0.5) is 11.6 Å². The Hall–Kier alpha value is -4.10. The molecule has 0 spiro atoms. The number of hydrogen-bond acceptors (Lipinski definition) is 5. The molecule has 1 atom stereocenters. The molecule has 2 N–H and O–H groups in total. The van der Waals surface area contributed by atoms with E-state index in [1.165, 1.54) is 0 Å². The van der Waals surface area contributed by atoms with Crippen molar-refractivity contribution in [2.24, 2.45) is 0 Å². The number of ether oxygens (including phenoxy) is 1. The molecule has 3 aromatic carbocycles. The van der Waals surface area contributed by atoms with Gasteiger partial charge in [0, 0.05) is 22.0 Å². The van der Waals surface area contributed by atoms with Gasteiger partial charge in [0.15, 0.2) is 5.82 Å². The number of carbonyl (C=O) groups excluding carboxylic acids is 1.